The van der Waals surface area contributed by atoms with Gasteiger partial charge in [0.1, 0.15) is 23.4 Å². The SMILES string of the molecule is O=c1c(-c2ccc3ncccc3c2)c(Nc2ccon2)[nH]c2c(-c3ccccc3)c(-c3ccccc3)nn12. The standard InChI is InChI=1S/C30H20N6O2/c37-30-26(22-13-14-23-21(18-22)12-7-16-31-23)28(32-24-15-17-38-35-24)33-29-25(19-8-3-1-4-9-19)27(34-36(29)30)20-10-5-2-6-11-20/h1-18,33H,(H,32,35). The van der Waals surface area contributed by atoms with Gasteiger partial charge in [-0.1, -0.05) is 78.0 Å². The van der Waals surface area contributed by atoms with Gasteiger partial charge in [-0.3, -0.25) is 9.78 Å². The van der Waals surface area contributed by atoms with Crippen molar-refractivity contribution in [3.05, 3.63) is 120 Å². The second-order valence-electron chi connectivity index (χ2n) is 8.82. The molecule has 0 atom stereocenters. The van der Waals surface area contributed by atoms with Crippen LogP contribution in [0.25, 0.3) is 50.1 Å². The Kier molecular flexibility index (Phi) is 5.07. The number of anilines is 2. The fraction of sp³-hybridized carbons (Fsp3) is 0. The summed E-state index contributed by atoms with van der Waals surface area (Å²) < 4.78 is 6.48. The highest BCUT2D eigenvalue weighted by Gasteiger charge is 2.23. The molecule has 4 aromatic heterocycles. The quantitative estimate of drug-likeness (QED) is 0.290. The fourth-order valence-electron chi connectivity index (χ4n) is 4.75. The number of benzene rings is 3. The molecular weight excluding hydrogens is 476 g/mol. The summed E-state index contributed by atoms with van der Waals surface area (Å²) in [4.78, 5) is 22.1. The van der Waals surface area contributed by atoms with E-state index in [4.69, 9.17) is 9.62 Å². The van der Waals surface area contributed by atoms with Crippen LogP contribution in [0.2, 0.25) is 0 Å². The summed E-state index contributed by atoms with van der Waals surface area (Å²) in [5, 5.41) is 13.0. The molecule has 38 heavy (non-hydrogen) atoms. The number of nitrogens with zero attached hydrogens (tertiary/aromatic N) is 4. The average molecular weight is 497 g/mol. The number of hydrogen-bond acceptors (Lipinski definition) is 6. The summed E-state index contributed by atoms with van der Waals surface area (Å²) in [6, 6.07) is 31.1. The Hall–Kier alpha value is -5.50. The van der Waals surface area contributed by atoms with Crippen LogP contribution in [0.4, 0.5) is 11.6 Å². The lowest BCUT2D eigenvalue weighted by Gasteiger charge is -2.12. The van der Waals surface area contributed by atoms with Crippen LogP contribution in [0, 0.1) is 0 Å². The number of pyridine rings is 1. The number of aromatic amines is 1. The molecule has 0 aliphatic carbocycles. The third-order valence-corrected chi connectivity index (χ3v) is 6.48. The van der Waals surface area contributed by atoms with Crippen molar-refractivity contribution < 1.29 is 4.52 Å². The maximum absolute atomic E-state index is 14.2. The molecule has 0 aliphatic rings. The van der Waals surface area contributed by atoms with Gasteiger partial charge >= 0.3 is 0 Å². The molecule has 0 amide bonds. The lowest BCUT2D eigenvalue weighted by molar-refractivity contribution is 0.423. The lowest BCUT2D eigenvalue weighted by atomic mass is 10.0. The van der Waals surface area contributed by atoms with Crippen molar-refractivity contribution in [1.82, 2.24) is 24.7 Å². The molecule has 0 spiro atoms. The van der Waals surface area contributed by atoms with Gasteiger partial charge in [-0.15, -0.1) is 0 Å². The Bertz CT molecular complexity index is 1960. The zero-order valence-corrected chi connectivity index (χ0v) is 20.0. The van der Waals surface area contributed by atoms with Gasteiger partial charge < -0.3 is 14.8 Å². The number of aromatic nitrogens is 5. The van der Waals surface area contributed by atoms with E-state index in [0.29, 0.717) is 28.5 Å². The van der Waals surface area contributed by atoms with Crippen LogP contribution in [-0.2, 0) is 0 Å². The van der Waals surface area contributed by atoms with Crippen LogP contribution in [0.1, 0.15) is 0 Å². The van der Waals surface area contributed by atoms with Gasteiger partial charge in [0.15, 0.2) is 5.82 Å². The second-order valence-corrected chi connectivity index (χ2v) is 8.82. The van der Waals surface area contributed by atoms with Crippen molar-refractivity contribution in [2.75, 3.05) is 5.32 Å². The summed E-state index contributed by atoms with van der Waals surface area (Å²) in [6.07, 6.45) is 3.22. The molecule has 0 saturated heterocycles. The molecule has 2 N–H and O–H groups in total. The minimum Gasteiger partial charge on any atom is -0.363 e. The van der Waals surface area contributed by atoms with Gasteiger partial charge in [0, 0.05) is 23.2 Å². The normalized spacial score (nSPS) is 11.3. The number of hydrogen-bond donors (Lipinski definition) is 2. The van der Waals surface area contributed by atoms with Gasteiger partial charge in [0.2, 0.25) is 0 Å². The molecule has 8 heteroatoms. The predicted molar refractivity (Wildman–Crippen MR) is 147 cm³/mol. The van der Waals surface area contributed by atoms with Gasteiger partial charge in [-0.2, -0.15) is 9.61 Å². The number of fused-ring (bicyclic) bond motifs is 2. The summed E-state index contributed by atoms with van der Waals surface area (Å²) >= 11 is 0. The molecule has 7 rings (SSSR count). The molecule has 182 valence electrons. The van der Waals surface area contributed by atoms with Crippen molar-refractivity contribution in [2.45, 2.75) is 0 Å². The number of rotatable bonds is 5. The molecule has 0 unspecified atom stereocenters. The van der Waals surface area contributed by atoms with Crippen molar-refractivity contribution in [2.24, 2.45) is 0 Å². The molecule has 7 aromatic rings. The zero-order chi connectivity index (χ0) is 25.5. The predicted octanol–water partition coefficient (Wildman–Crippen LogP) is 6.30. The van der Waals surface area contributed by atoms with E-state index in [-0.39, 0.29) is 5.56 Å². The largest absolute Gasteiger partial charge is 0.363 e. The molecule has 0 radical (unpaired) electrons. The Morgan fingerprint density at radius 2 is 1.58 bits per heavy atom. The maximum atomic E-state index is 14.2. The zero-order valence-electron chi connectivity index (χ0n) is 20.0. The number of nitrogens with one attached hydrogen (secondary N) is 2. The molecule has 0 fully saturated rings. The van der Waals surface area contributed by atoms with E-state index in [9.17, 15) is 4.79 Å². The third kappa shape index (κ3) is 3.63. The van der Waals surface area contributed by atoms with Gasteiger partial charge in [0.05, 0.1) is 16.6 Å². The Labute approximate surface area is 216 Å². The van der Waals surface area contributed by atoms with E-state index in [1.165, 1.54) is 10.8 Å². The molecular formula is C30H20N6O2. The summed E-state index contributed by atoms with van der Waals surface area (Å²) in [5.74, 6) is 0.953. The molecule has 4 heterocycles. The summed E-state index contributed by atoms with van der Waals surface area (Å²) in [5.41, 5.74) is 5.66. The van der Waals surface area contributed by atoms with Gasteiger partial charge in [-0.25, -0.2) is 0 Å². The van der Waals surface area contributed by atoms with E-state index in [0.717, 1.165) is 33.2 Å². The minimum absolute atomic E-state index is 0.271. The highest BCUT2D eigenvalue weighted by atomic mass is 16.5. The Morgan fingerprint density at radius 1 is 0.789 bits per heavy atom. The fourth-order valence-corrected chi connectivity index (χ4v) is 4.75. The van der Waals surface area contributed by atoms with Crippen molar-refractivity contribution in [3.63, 3.8) is 0 Å². The van der Waals surface area contributed by atoms with E-state index in [1.54, 1.807) is 12.3 Å². The van der Waals surface area contributed by atoms with Crippen LogP contribution < -0.4 is 10.9 Å². The van der Waals surface area contributed by atoms with Gasteiger partial charge in [0.25, 0.3) is 5.56 Å². The summed E-state index contributed by atoms with van der Waals surface area (Å²) in [6.45, 7) is 0. The topological polar surface area (TPSA) is 101 Å². The van der Waals surface area contributed by atoms with E-state index in [1.807, 2.05) is 91.0 Å². The smallest absolute Gasteiger partial charge is 0.284 e. The van der Waals surface area contributed by atoms with E-state index < -0.39 is 0 Å². The van der Waals surface area contributed by atoms with Crippen LogP contribution in [0.15, 0.2) is 119 Å². The Morgan fingerprint density at radius 3 is 2.34 bits per heavy atom. The molecule has 0 saturated carbocycles. The summed E-state index contributed by atoms with van der Waals surface area (Å²) in [7, 11) is 0. The highest BCUT2D eigenvalue weighted by Crippen LogP contribution is 2.36. The molecule has 0 aliphatic heterocycles. The third-order valence-electron chi connectivity index (χ3n) is 6.48. The van der Waals surface area contributed by atoms with E-state index in [2.05, 4.69) is 20.4 Å². The van der Waals surface area contributed by atoms with Crippen LogP contribution in [0.3, 0.4) is 0 Å². The molecule has 3 aromatic carbocycles. The number of H-pyrrole nitrogens is 1. The van der Waals surface area contributed by atoms with Gasteiger partial charge in [-0.05, 0) is 29.3 Å². The molecule has 8 nitrogen and oxygen atoms in total. The van der Waals surface area contributed by atoms with Crippen LogP contribution in [0.5, 0.6) is 0 Å². The maximum Gasteiger partial charge on any atom is 0.284 e. The second kappa shape index (κ2) is 8.86. The van der Waals surface area contributed by atoms with Crippen LogP contribution >= 0.6 is 0 Å². The average Bonchev–Trinajstić information content (AvgIpc) is 3.62. The first-order chi connectivity index (χ1) is 18.8. The minimum atomic E-state index is -0.271. The highest BCUT2D eigenvalue weighted by molar-refractivity contribution is 5.93. The van der Waals surface area contributed by atoms with Crippen LogP contribution in [-0.4, -0.2) is 24.7 Å². The first kappa shape index (κ1) is 21.8. The first-order valence-electron chi connectivity index (χ1n) is 12.1. The molecule has 0 bridgehead atoms. The van der Waals surface area contributed by atoms with Crippen molar-refractivity contribution in [3.8, 4) is 33.5 Å². The monoisotopic (exact) mass is 496 g/mol. The first-order valence-corrected chi connectivity index (χ1v) is 12.1. The lowest BCUT2D eigenvalue weighted by Crippen LogP contribution is -2.19. The Balaban J connectivity index is 1.56. The van der Waals surface area contributed by atoms with Crippen molar-refractivity contribution >= 4 is 28.2 Å². The van der Waals surface area contributed by atoms with Crippen molar-refractivity contribution in [1.29, 1.82) is 0 Å². The van der Waals surface area contributed by atoms with E-state index >= 15 is 0 Å².